The van der Waals surface area contributed by atoms with E-state index in [0.717, 1.165) is 0 Å². The number of carbonyl (C=O) groups is 2. The van der Waals surface area contributed by atoms with Crippen molar-refractivity contribution in [3.05, 3.63) is 28.2 Å². The first-order chi connectivity index (χ1) is 9.34. The van der Waals surface area contributed by atoms with Gasteiger partial charge in [-0.15, -0.1) is 0 Å². The van der Waals surface area contributed by atoms with Gasteiger partial charge < -0.3 is 15.2 Å². The maximum Gasteiger partial charge on any atom is 0.331 e. The van der Waals surface area contributed by atoms with E-state index in [1.807, 2.05) is 6.92 Å². The zero-order valence-electron chi connectivity index (χ0n) is 11.7. The SMILES string of the molecule is CCCC(C)(NC(=O)c1ccc(Br)cc1O)C(=O)OC. The third-order valence-corrected chi connectivity index (χ3v) is 3.47. The van der Waals surface area contributed by atoms with Crippen LogP contribution in [0, 0.1) is 0 Å². The summed E-state index contributed by atoms with van der Waals surface area (Å²) in [6.07, 6.45) is 1.15. The molecule has 0 fully saturated rings. The van der Waals surface area contributed by atoms with Crippen LogP contribution in [-0.2, 0) is 9.53 Å². The number of esters is 1. The predicted octanol–water partition coefficient (Wildman–Crippen LogP) is 2.62. The fourth-order valence-corrected chi connectivity index (χ4v) is 2.30. The van der Waals surface area contributed by atoms with Crippen LogP contribution < -0.4 is 5.32 Å². The van der Waals surface area contributed by atoms with Gasteiger partial charge in [0, 0.05) is 4.47 Å². The summed E-state index contributed by atoms with van der Waals surface area (Å²) in [6, 6.07) is 4.55. The van der Waals surface area contributed by atoms with Gasteiger partial charge in [0.05, 0.1) is 12.7 Å². The molecule has 20 heavy (non-hydrogen) atoms. The second kappa shape index (κ2) is 6.74. The number of ether oxygens (including phenoxy) is 1. The average Bonchev–Trinajstić information content (AvgIpc) is 2.37. The molecule has 0 aliphatic rings. The number of aromatic hydroxyl groups is 1. The number of benzene rings is 1. The van der Waals surface area contributed by atoms with Gasteiger partial charge in [-0.3, -0.25) is 4.79 Å². The number of hydrogen-bond donors (Lipinski definition) is 2. The summed E-state index contributed by atoms with van der Waals surface area (Å²) in [5.41, 5.74) is -1.00. The summed E-state index contributed by atoms with van der Waals surface area (Å²) in [7, 11) is 1.28. The van der Waals surface area contributed by atoms with E-state index in [-0.39, 0.29) is 11.3 Å². The Hall–Kier alpha value is -1.56. The van der Waals surface area contributed by atoms with Gasteiger partial charge in [0.15, 0.2) is 0 Å². The molecule has 1 amide bonds. The molecule has 1 rings (SSSR count). The minimum Gasteiger partial charge on any atom is -0.507 e. The van der Waals surface area contributed by atoms with Gasteiger partial charge in [-0.25, -0.2) is 4.79 Å². The van der Waals surface area contributed by atoms with Gasteiger partial charge in [-0.2, -0.15) is 0 Å². The first kappa shape index (κ1) is 16.5. The second-order valence-electron chi connectivity index (χ2n) is 4.69. The molecule has 1 unspecified atom stereocenters. The minimum absolute atomic E-state index is 0.111. The van der Waals surface area contributed by atoms with Crippen LogP contribution in [0.15, 0.2) is 22.7 Å². The summed E-state index contributed by atoms with van der Waals surface area (Å²) in [4.78, 5) is 24.0. The predicted molar refractivity (Wildman–Crippen MR) is 78.6 cm³/mol. The van der Waals surface area contributed by atoms with Crippen molar-refractivity contribution < 1.29 is 19.4 Å². The van der Waals surface area contributed by atoms with Crippen LogP contribution in [0.1, 0.15) is 37.0 Å². The Morgan fingerprint density at radius 1 is 1.45 bits per heavy atom. The van der Waals surface area contributed by atoms with Gasteiger partial charge in [0.2, 0.25) is 0 Å². The van der Waals surface area contributed by atoms with E-state index in [0.29, 0.717) is 17.3 Å². The van der Waals surface area contributed by atoms with E-state index in [1.54, 1.807) is 13.0 Å². The Morgan fingerprint density at radius 2 is 2.10 bits per heavy atom. The lowest BCUT2D eigenvalue weighted by molar-refractivity contribution is -0.147. The number of methoxy groups -OCH3 is 1. The van der Waals surface area contributed by atoms with Crippen LogP contribution in [0.5, 0.6) is 5.75 Å². The second-order valence-corrected chi connectivity index (χ2v) is 5.60. The van der Waals surface area contributed by atoms with Gasteiger partial charge in [0.25, 0.3) is 5.91 Å². The van der Waals surface area contributed by atoms with E-state index in [9.17, 15) is 14.7 Å². The summed E-state index contributed by atoms with van der Waals surface area (Å²) in [6.45, 7) is 3.51. The number of halogens is 1. The summed E-state index contributed by atoms with van der Waals surface area (Å²) in [5, 5.41) is 12.4. The lowest BCUT2D eigenvalue weighted by Crippen LogP contribution is -2.52. The fourth-order valence-electron chi connectivity index (χ4n) is 1.96. The number of nitrogens with one attached hydrogen (secondary N) is 1. The highest BCUT2D eigenvalue weighted by molar-refractivity contribution is 9.10. The molecule has 1 atom stereocenters. The quantitative estimate of drug-likeness (QED) is 0.805. The molecule has 0 aliphatic carbocycles. The lowest BCUT2D eigenvalue weighted by Gasteiger charge is -2.27. The molecule has 0 spiro atoms. The van der Waals surface area contributed by atoms with E-state index >= 15 is 0 Å². The monoisotopic (exact) mass is 343 g/mol. The molecule has 1 aromatic rings. The van der Waals surface area contributed by atoms with Crippen molar-refractivity contribution in [3.63, 3.8) is 0 Å². The Labute approximate surface area is 126 Å². The first-order valence-corrected chi connectivity index (χ1v) is 7.02. The largest absolute Gasteiger partial charge is 0.507 e. The summed E-state index contributed by atoms with van der Waals surface area (Å²) >= 11 is 3.20. The van der Waals surface area contributed by atoms with Crippen molar-refractivity contribution in [1.29, 1.82) is 0 Å². The van der Waals surface area contributed by atoms with E-state index < -0.39 is 17.4 Å². The number of phenols is 1. The maximum absolute atomic E-state index is 12.2. The van der Waals surface area contributed by atoms with Crippen molar-refractivity contribution in [2.45, 2.75) is 32.2 Å². The Kier molecular flexibility index (Phi) is 5.56. The highest BCUT2D eigenvalue weighted by atomic mass is 79.9. The molecule has 0 bridgehead atoms. The smallest absolute Gasteiger partial charge is 0.331 e. The fraction of sp³-hybridized carbons (Fsp3) is 0.429. The van der Waals surface area contributed by atoms with Crippen molar-refractivity contribution in [2.24, 2.45) is 0 Å². The van der Waals surface area contributed by atoms with Crippen molar-refractivity contribution in [3.8, 4) is 5.75 Å². The Morgan fingerprint density at radius 3 is 2.60 bits per heavy atom. The van der Waals surface area contributed by atoms with Crippen LogP contribution in [0.25, 0.3) is 0 Å². The third kappa shape index (κ3) is 3.72. The normalized spacial score (nSPS) is 13.4. The zero-order chi connectivity index (χ0) is 15.3. The molecule has 0 aliphatic heterocycles. The standard InChI is InChI=1S/C14H18BrNO4/c1-4-7-14(2,13(19)20-3)16-12(18)10-6-5-9(15)8-11(10)17/h5-6,8,17H,4,7H2,1-3H3,(H,16,18). The highest BCUT2D eigenvalue weighted by Gasteiger charge is 2.35. The van der Waals surface area contributed by atoms with Crippen LogP contribution in [0.3, 0.4) is 0 Å². The molecule has 110 valence electrons. The first-order valence-electron chi connectivity index (χ1n) is 6.23. The summed E-state index contributed by atoms with van der Waals surface area (Å²) in [5.74, 6) is -1.18. The third-order valence-electron chi connectivity index (χ3n) is 2.98. The highest BCUT2D eigenvalue weighted by Crippen LogP contribution is 2.23. The van der Waals surface area contributed by atoms with Crippen LogP contribution >= 0.6 is 15.9 Å². The number of rotatable bonds is 5. The molecule has 0 aromatic heterocycles. The molecule has 2 N–H and O–H groups in total. The average molecular weight is 344 g/mol. The number of hydrogen-bond acceptors (Lipinski definition) is 4. The van der Waals surface area contributed by atoms with Crippen LogP contribution in [-0.4, -0.2) is 29.6 Å². The topological polar surface area (TPSA) is 75.6 Å². The molecule has 0 heterocycles. The van der Waals surface area contributed by atoms with E-state index in [4.69, 9.17) is 4.74 Å². The molecule has 6 heteroatoms. The number of phenolic OH excluding ortho intramolecular Hbond substituents is 1. The van der Waals surface area contributed by atoms with Crippen LogP contribution in [0.4, 0.5) is 0 Å². The van der Waals surface area contributed by atoms with Crippen LogP contribution in [0.2, 0.25) is 0 Å². The van der Waals surface area contributed by atoms with Gasteiger partial charge in [0.1, 0.15) is 11.3 Å². The molecule has 5 nitrogen and oxygen atoms in total. The molecule has 1 aromatic carbocycles. The van der Waals surface area contributed by atoms with Crippen molar-refractivity contribution in [2.75, 3.05) is 7.11 Å². The summed E-state index contributed by atoms with van der Waals surface area (Å²) < 4.78 is 5.39. The maximum atomic E-state index is 12.2. The van der Waals surface area contributed by atoms with Gasteiger partial charge in [-0.05, 0) is 31.5 Å². The van der Waals surface area contributed by atoms with Gasteiger partial charge in [-0.1, -0.05) is 29.3 Å². The molecular weight excluding hydrogens is 326 g/mol. The Balaban J connectivity index is 2.99. The van der Waals surface area contributed by atoms with Gasteiger partial charge >= 0.3 is 5.97 Å². The lowest BCUT2D eigenvalue weighted by atomic mass is 9.95. The Bertz CT molecular complexity index is 518. The molecule has 0 radical (unpaired) electrons. The number of amides is 1. The van der Waals surface area contributed by atoms with E-state index in [1.165, 1.54) is 19.2 Å². The minimum atomic E-state index is -1.11. The molecule has 0 saturated heterocycles. The molecular formula is C14H18BrNO4. The zero-order valence-corrected chi connectivity index (χ0v) is 13.3. The molecule has 0 saturated carbocycles. The van der Waals surface area contributed by atoms with E-state index in [2.05, 4.69) is 21.2 Å². The van der Waals surface area contributed by atoms with Crippen molar-refractivity contribution in [1.82, 2.24) is 5.32 Å². The number of carbonyl (C=O) groups excluding carboxylic acids is 2. The van der Waals surface area contributed by atoms with Crippen molar-refractivity contribution >= 4 is 27.8 Å².